The molecule has 3 aromatic rings. The minimum Gasteiger partial charge on any atom is -0.497 e. The van der Waals surface area contributed by atoms with Crippen molar-refractivity contribution in [1.29, 1.82) is 0 Å². The molecule has 4 heteroatoms. The molecule has 0 spiro atoms. The van der Waals surface area contributed by atoms with Crippen LogP contribution in [0.3, 0.4) is 0 Å². The van der Waals surface area contributed by atoms with Crippen LogP contribution in [-0.4, -0.2) is 31.2 Å². The SMILES string of the molecule is COc1ccc(C(=O)CC(O)Cc2cc3ccccc3cc2OC)cc1. The molecule has 1 unspecified atom stereocenters. The van der Waals surface area contributed by atoms with Crippen molar-refractivity contribution in [3.8, 4) is 11.5 Å². The lowest BCUT2D eigenvalue weighted by molar-refractivity contribution is 0.0880. The van der Waals surface area contributed by atoms with Gasteiger partial charge in [-0.05, 0) is 52.7 Å². The lowest BCUT2D eigenvalue weighted by Crippen LogP contribution is -2.16. The van der Waals surface area contributed by atoms with Gasteiger partial charge in [0.1, 0.15) is 11.5 Å². The number of hydrogen-bond donors (Lipinski definition) is 1. The summed E-state index contributed by atoms with van der Waals surface area (Å²) in [5, 5.41) is 12.6. The predicted octanol–water partition coefficient (Wildman–Crippen LogP) is 4.03. The number of methoxy groups -OCH3 is 2. The molecule has 3 aromatic carbocycles. The fourth-order valence-electron chi connectivity index (χ4n) is 3.05. The average Bonchev–Trinajstić information content (AvgIpc) is 2.67. The second kappa shape index (κ2) is 8.02. The Balaban J connectivity index is 1.73. The maximum absolute atomic E-state index is 12.4. The van der Waals surface area contributed by atoms with Crippen LogP contribution in [0.25, 0.3) is 10.8 Å². The highest BCUT2D eigenvalue weighted by molar-refractivity contribution is 5.96. The van der Waals surface area contributed by atoms with Gasteiger partial charge < -0.3 is 14.6 Å². The first-order valence-corrected chi connectivity index (χ1v) is 8.51. The molecule has 0 heterocycles. The van der Waals surface area contributed by atoms with Gasteiger partial charge in [0.25, 0.3) is 0 Å². The van der Waals surface area contributed by atoms with Gasteiger partial charge in [0, 0.05) is 18.4 Å². The summed E-state index contributed by atoms with van der Waals surface area (Å²) in [6.45, 7) is 0. The summed E-state index contributed by atoms with van der Waals surface area (Å²) in [5.74, 6) is 1.32. The molecule has 0 aliphatic heterocycles. The Morgan fingerprint density at radius 1 is 0.962 bits per heavy atom. The van der Waals surface area contributed by atoms with Crippen molar-refractivity contribution < 1.29 is 19.4 Å². The van der Waals surface area contributed by atoms with Gasteiger partial charge in [0.15, 0.2) is 5.78 Å². The maximum Gasteiger partial charge on any atom is 0.165 e. The van der Waals surface area contributed by atoms with E-state index in [2.05, 4.69) is 0 Å². The second-order valence-electron chi connectivity index (χ2n) is 6.22. The first kappa shape index (κ1) is 18.0. The van der Waals surface area contributed by atoms with Crippen molar-refractivity contribution in [3.05, 3.63) is 71.8 Å². The molecule has 134 valence electrons. The van der Waals surface area contributed by atoms with Gasteiger partial charge in [-0.1, -0.05) is 24.3 Å². The molecule has 26 heavy (non-hydrogen) atoms. The zero-order valence-electron chi connectivity index (χ0n) is 14.9. The van der Waals surface area contributed by atoms with Crippen LogP contribution in [-0.2, 0) is 6.42 Å². The van der Waals surface area contributed by atoms with Crippen molar-refractivity contribution >= 4 is 16.6 Å². The molecule has 0 aliphatic carbocycles. The molecule has 0 amide bonds. The van der Waals surface area contributed by atoms with Gasteiger partial charge >= 0.3 is 0 Å². The van der Waals surface area contributed by atoms with E-state index < -0.39 is 6.10 Å². The van der Waals surface area contributed by atoms with Gasteiger partial charge in [-0.3, -0.25) is 4.79 Å². The van der Waals surface area contributed by atoms with Gasteiger partial charge in [0.2, 0.25) is 0 Å². The fraction of sp³-hybridized carbons (Fsp3) is 0.227. The highest BCUT2D eigenvalue weighted by Gasteiger charge is 2.16. The standard InChI is InChI=1S/C22H22O4/c1-25-20-9-7-15(8-10-20)21(24)14-19(23)12-18-11-16-5-3-4-6-17(16)13-22(18)26-2/h3-11,13,19,23H,12,14H2,1-2H3. The molecular weight excluding hydrogens is 328 g/mol. The Hall–Kier alpha value is -2.85. The molecule has 1 atom stereocenters. The number of ketones is 1. The summed E-state index contributed by atoms with van der Waals surface area (Å²) in [6.07, 6.45) is -0.363. The molecule has 0 bridgehead atoms. The number of carbonyl (C=O) groups is 1. The molecule has 0 aliphatic rings. The number of rotatable bonds is 7. The van der Waals surface area contributed by atoms with Crippen LogP contribution in [0.15, 0.2) is 60.7 Å². The Bertz CT molecular complexity index is 900. The van der Waals surface area contributed by atoms with Crippen molar-refractivity contribution in [3.63, 3.8) is 0 Å². The number of Topliss-reactive ketones (excluding diaryl/α,β-unsaturated/α-hetero) is 1. The molecule has 1 N–H and O–H groups in total. The van der Waals surface area contributed by atoms with E-state index in [1.807, 2.05) is 36.4 Å². The zero-order chi connectivity index (χ0) is 18.5. The molecule has 0 aromatic heterocycles. The molecule has 0 radical (unpaired) electrons. The van der Waals surface area contributed by atoms with Crippen LogP contribution >= 0.6 is 0 Å². The van der Waals surface area contributed by atoms with E-state index in [1.54, 1.807) is 38.5 Å². The van der Waals surface area contributed by atoms with Crippen molar-refractivity contribution in [2.24, 2.45) is 0 Å². The van der Waals surface area contributed by atoms with Gasteiger partial charge in [-0.25, -0.2) is 0 Å². The first-order chi connectivity index (χ1) is 12.6. The van der Waals surface area contributed by atoms with E-state index >= 15 is 0 Å². The number of fused-ring (bicyclic) bond motifs is 1. The van der Waals surface area contributed by atoms with E-state index in [4.69, 9.17) is 9.47 Å². The van der Waals surface area contributed by atoms with Crippen molar-refractivity contribution in [2.75, 3.05) is 14.2 Å². The molecule has 0 fully saturated rings. The number of ether oxygens (including phenoxy) is 2. The van der Waals surface area contributed by atoms with Gasteiger partial charge in [0.05, 0.1) is 20.3 Å². The van der Waals surface area contributed by atoms with Crippen molar-refractivity contribution in [1.82, 2.24) is 0 Å². The lowest BCUT2D eigenvalue weighted by Gasteiger charge is -2.14. The third kappa shape index (κ3) is 4.03. The Morgan fingerprint density at radius 3 is 2.23 bits per heavy atom. The molecule has 0 saturated carbocycles. The second-order valence-corrected chi connectivity index (χ2v) is 6.22. The van der Waals surface area contributed by atoms with E-state index in [-0.39, 0.29) is 12.2 Å². The number of hydrogen-bond acceptors (Lipinski definition) is 4. The number of benzene rings is 3. The third-order valence-corrected chi connectivity index (χ3v) is 4.44. The summed E-state index contributed by atoms with van der Waals surface area (Å²) < 4.78 is 10.6. The highest BCUT2D eigenvalue weighted by Crippen LogP contribution is 2.27. The van der Waals surface area contributed by atoms with Crippen LogP contribution in [0.5, 0.6) is 11.5 Å². The lowest BCUT2D eigenvalue weighted by atomic mass is 9.97. The van der Waals surface area contributed by atoms with Crippen LogP contribution in [0.2, 0.25) is 0 Å². The highest BCUT2D eigenvalue weighted by atomic mass is 16.5. The molecule has 4 nitrogen and oxygen atoms in total. The summed E-state index contributed by atoms with van der Waals surface area (Å²) >= 11 is 0. The Morgan fingerprint density at radius 2 is 1.62 bits per heavy atom. The summed E-state index contributed by atoms with van der Waals surface area (Å²) in [5.41, 5.74) is 1.46. The molecule has 3 rings (SSSR count). The predicted molar refractivity (Wildman–Crippen MR) is 102 cm³/mol. The molecule has 0 saturated heterocycles. The first-order valence-electron chi connectivity index (χ1n) is 8.51. The summed E-state index contributed by atoms with van der Waals surface area (Å²) in [7, 11) is 3.19. The quantitative estimate of drug-likeness (QED) is 0.654. The monoisotopic (exact) mass is 350 g/mol. The topological polar surface area (TPSA) is 55.8 Å². The third-order valence-electron chi connectivity index (χ3n) is 4.44. The van der Waals surface area contributed by atoms with E-state index in [1.165, 1.54) is 0 Å². The van der Waals surface area contributed by atoms with E-state index in [0.29, 0.717) is 17.7 Å². The van der Waals surface area contributed by atoms with Crippen molar-refractivity contribution in [2.45, 2.75) is 18.9 Å². The van der Waals surface area contributed by atoms with Gasteiger partial charge in [-0.2, -0.15) is 0 Å². The zero-order valence-corrected chi connectivity index (χ0v) is 14.9. The number of aliphatic hydroxyl groups excluding tert-OH is 1. The van der Waals surface area contributed by atoms with Crippen LogP contribution < -0.4 is 9.47 Å². The fourth-order valence-corrected chi connectivity index (χ4v) is 3.05. The van der Waals surface area contributed by atoms with E-state index in [0.717, 1.165) is 22.1 Å². The smallest absolute Gasteiger partial charge is 0.165 e. The van der Waals surface area contributed by atoms with E-state index in [9.17, 15) is 9.90 Å². The minimum atomic E-state index is -0.778. The number of aliphatic hydroxyl groups is 1. The maximum atomic E-state index is 12.4. The average molecular weight is 350 g/mol. The van der Waals surface area contributed by atoms with Crippen LogP contribution in [0, 0.1) is 0 Å². The van der Waals surface area contributed by atoms with Gasteiger partial charge in [-0.15, -0.1) is 0 Å². The van der Waals surface area contributed by atoms with Crippen LogP contribution in [0.4, 0.5) is 0 Å². The number of carbonyl (C=O) groups excluding carboxylic acids is 1. The summed E-state index contributed by atoms with van der Waals surface area (Å²) in [4.78, 5) is 12.4. The Kier molecular flexibility index (Phi) is 5.54. The molecular formula is C22H22O4. The summed E-state index contributed by atoms with van der Waals surface area (Å²) in [6, 6.07) is 18.9. The minimum absolute atomic E-state index is 0.0578. The van der Waals surface area contributed by atoms with Crippen LogP contribution in [0.1, 0.15) is 22.3 Å². The normalized spacial score (nSPS) is 12.0. The Labute approximate surface area is 153 Å². The largest absolute Gasteiger partial charge is 0.497 e.